The van der Waals surface area contributed by atoms with Gasteiger partial charge < -0.3 is 14.8 Å². The number of amides is 3. The van der Waals surface area contributed by atoms with Gasteiger partial charge in [-0.25, -0.2) is 0 Å². The molecule has 9 nitrogen and oxygen atoms in total. The predicted octanol–water partition coefficient (Wildman–Crippen LogP) is 1.04. The summed E-state index contributed by atoms with van der Waals surface area (Å²) in [6.45, 7) is -1.26. The number of fused-ring (bicyclic) bond motifs is 2. The van der Waals surface area contributed by atoms with Gasteiger partial charge in [0, 0.05) is 5.56 Å². The number of Topliss-reactive ketones (excluding diaryl/α,β-unsaturated/α-hetero) is 1. The van der Waals surface area contributed by atoms with E-state index in [2.05, 4.69) is 5.32 Å². The van der Waals surface area contributed by atoms with E-state index >= 15 is 0 Å². The molecule has 2 aromatic carbocycles. The fraction of sp³-hybridized carbons (Fsp3) is 0.150. The van der Waals surface area contributed by atoms with Crippen molar-refractivity contribution in [1.82, 2.24) is 4.90 Å². The molecule has 0 aliphatic carbocycles. The highest BCUT2D eigenvalue weighted by Gasteiger charge is 2.36. The predicted molar refractivity (Wildman–Crippen MR) is 97.7 cm³/mol. The van der Waals surface area contributed by atoms with Gasteiger partial charge in [0.25, 0.3) is 17.7 Å². The fourth-order valence-corrected chi connectivity index (χ4v) is 3.04. The maximum atomic E-state index is 12.3. The molecule has 0 bridgehead atoms. The normalized spacial score (nSPS) is 14.6. The number of rotatable bonds is 5. The first kappa shape index (κ1) is 18.4. The van der Waals surface area contributed by atoms with Crippen LogP contribution in [0.3, 0.4) is 0 Å². The standard InChI is InChI=1S/C20H14N2O7/c23-15(11-5-6-16-14(7-11)21-17(24)10-28-16)9-29-18(25)8-22-19(26)12-3-1-2-4-13(12)20(22)27/h1-7H,8-10H2,(H,21,24). The number of benzene rings is 2. The van der Waals surface area contributed by atoms with Crippen LogP contribution in [0.2, 0.25) is 0 Å². The summed E-state index contributed by atoms with van der Waals surface area (Å²) in [6.07, 6.45) is 0. The summed E-state index contributed by atoms with van der Waals surface area (Å²) >= 11 is 0. The quantitative estimate of drug-likeness (QED) is 0.457. The average Bonchev–Trinajstić information content (AvgIpc) is 2.96. The summed E-state index contributed by atoms with van der Waals surface area (Å²) in [5.74, 6) is -2.47. The van der Waals surface area contributed by atoms with E-state index in [9.17, 15) is 24.0 Å². The second kappa shape index (κ2) is 7.19. The number of carbonyl (C=O) groups is 5. The Labute approximate surface area is 164 Å². The fourth-order valence-electron chi connectivity index (χ4n) is 3.04. The zero-order chi connectivity index (χ0) is 20.5. The minimum Gasteiger partial charge on any atom is -0.482 e. The Morgan fingerprint density at radius 1 is 1.03 bits per heavy atom. The van der Waals surface area contributed by atoms with Gasteiger partial charge in [0.2, 0.25) is 0 Å². The number of ketones is 1. The van der Waals surface area contributed by atoms with E-state index in [4.69, 9.17) is 9.47 Å². The molecule has 0 saturated heterocycles. The van der Waals surface area contributed by atoms with Crippen molar-refractivity contribution in [2.75, 3.05) is 25.1 Å². The van der Waals surface area contributed by atoms with Crippen molar-refractivity contribution < 1.29 is 33.4 Å². The number of esters is 1. The Balaban J connectivity index is 1.36. The van der Waals surface area contributed by atoms with Crippen LogP contribution in [-0.2, 0) is 14.3 Å². The zero-order valence-electron chi connectivity index (χ0n) is 15.0. The van der Waals surface area contributed by atoms with E-state index < -0.39 is 36.7 Å². The van der Waals surface area contributed by atoms with E-state index in [1.54, 1.807) is 12.1 Å². The smallest absolute Gasteiger partial charge is 0.326 e. The average molecular weight is 394 g/mol. The van der Waals surface area contributed by atoms with Crippen molar-refractivity contribution in [1.29, 1.82) is 0 Å². The molecule has 9 heteroatoms. The van der Waals surface area contributed by atoms with E-state index in [-0.39, 0.29) is 29.2 Å². The van der Waals surface area contributed by atoms with E-state index in [1.807, 2.05) is 0 Å². The maximum absolute atomic E-state index is 12.3. The molecule has 2 heterocycles. The number of ether oxygens (including phenoxy) is 2. The van der Waals surface area contributed by atoms with Crippen LogP contribution < -0.4 is 10.1 Å². The first-order valence-corrected chi connectivity index (χ1v) is 8.65. The van der Waals surface area contributed by atoms with Crippen LogP contribution in [0.5, 0.6) is 5.75 Å². The lowest BCUT2D eigenvalue weighted by Crippen LogP contribution is -2.36. The SMILES string of the molecule is O=C1COc2ccc(C(=O)COC(=O)CN3C(=O)c4ccccc4C3=O)cc2N1. The number of hydrogen-bond donors (Lipinski definition) is 1. The second-order valence-electron chi connectivity index (χ2n) is 6.37. The van der Waals surface area contributed by atoms with Crippen molar-refractivity contribution in [2.24, 2.45) is 0 Å². The van der Waals surface area contributed by atoms with Gasteiger partial charge >= 0.3 is 5.97 Å². The van der Waals surface area contributed by atoms with Crippen molar-refractivity contribution >= 4 is 35.2 Å². The first-order valence-electron chi connectivity index (χ1n) is 8.65. The number of imide groups is 1. The molecule has 146 valence electrons. The van der Waals surface area contributed by atoms with Gasteiger partial charge in [0.1, 0.15) is 12.3 Å². The molecule has 0 aromatic heterocycles. The van der Waals surface area contributed by atoms with Crippen LogP contribution >= 0.6 is 0 Å². The van der Waals surface area contributed by atoms with Crippen molar-refractivity contribution in [3.63, 3.8) is 0 Å². The summed E-state index contributed by atoms with van der Waals surface area (Å²) in [5, 5.41) is 2.58. The third-order valence-electron chi connectivity index (χ3n) is 4.46. The molecule has 0 radical (unpaired) electrons. The Morgan fingerprint density at radius 2 is 1.72 bits per heavy atom. The minimum atomic E-state index is -0.887. The molecule has 3 amide bonds. The van der Waals surface area contributed by atoms with E-state index in [1.165, 1.54) is 30.3 Å². The first-order chi connectivity index (χ1) is 13.9. The molecule has 29 heavy (non-hydrogen) atoms. The largest absolute Gasteiger partial charge is 0.482 e. The van der Waals surface area contributed by atoms with Gasteiger partial charge in [-0.2, -0.15) is 0 Å². The summed E-state index contributed by atoms with van der Waals surface area (Å²) < 4.78 is 10.1. The maximum Gasteiger partial charge on any atom is 0.326 e. The number of carbonyl (C=O) groups excluding carboxylic acids is 5. The Morgan fingerprint density at radius 3 is 2.41 bits per heavy atom. The zero-order valence-corrected chi connectivity index (χ0v) is 15.0. The van der Waals surface area contributed by atoms with E-state index in [0.717, 1.165) is 4.90 Å². The highest BCUT2D eigenvalue weighted by molar-refractivity contribution is 6.22. The van der Waals surface area contributed by atoms with Crippen molar-refractivity contribution in [3.05, 3.63) is 59.2 Å². The Kier molecular flexibility index (Phi) is 4.55. The van der Waals surface area contributed by atoms with Crippen LogP contribution in [0.15, 0.2) is 42.5 Å². The lowest BCUT2D eigenvalue weighted by molar-refractivity contribution is -0.142. The van der Waals surface area contributed by atoms with Gasteiger partial charge in [-0.1, -0.05) is 12.1 Å². The summed E-state index contributed by atoms with van der Waals surface area (Å²) in [4.78, 5) is 61.0. The molecular weight excluding hydrogens is 380 g/mol. The van der Waals surface area contributed by atoms with Gasteiger partial charge in [0.15, 0.2) is 19.0 Å². The minimum absolute atomic E-state index is 0.101. The molecule has 0 saturated carbocycles. The number of nitrogens with zero attached hydrogens (tertiary/aromatic N) is 1. The molecular formula is C20H14N2O7. The highest BCUT2D eigenvalue weighted by atomic mass is 16.5. The monoisotopic (exact) mass is 394 g/mol. The second-order valence-corrected chi connectivity index (χ2v) is 6.37. The van der Waals surface area contributed by atoms with Crippen LogP contribution in [0.4, 0.5) is 5.69 Å². The molecule has 0 atom stereocenters. The number of nitrogens with one attached hydrogen (secondary N) is 1. The molecule has 1 N–H and O–H groups in total. The van der Waals surface area contributed by atoms with Gasteiger partial charge in [-0.15, -0.1) is 0 Å². The molecule has 0 spiro atoms. The molecule has 2 aliphatic rings. The Bertz CT molecular complexity index is 1040. The highest BCUT2D eigenvalue weighted by Crippen LogP contribution is 2.28. The summed E-state index contributed by atoms with van der Waals surface area (Å²) in [6, 6.07) is 10.7. The van der Waals surface area contributed by atoms with Gasteiger partial charge in [-0.3, -0.25) is 28.9 Å². The van der Waals surface area contributed by atoms with Gasteiger partial charge in [-0.05, 0) is 30.3 Å². The topological polar surface area (TPSA) is 119 Å². The van der Waals surface area contributed by atoms with Crippen LogP contribution in [0.1, 0.15) is 31.1 Å². The van der Waals surface area contributed by atoms with Crippen LogP contribution in [0.25, 0.3) is 0 Å². The van der Waals surface area contributed by atoms with Crippen LogP contribution in [-0.4, -0.2) is 54.1 Å². The molecule has 2 aromatic rings. The van der Waals surface area contributed by atoms with Crippen molar-refractivity contribution in [2.45, 2.75) is 0 Å². The third-order valence-corrected chi connectivity index (χ3v) is 4.46. The number of anilines is 1. The molecule has 0 fully saturated rings. The third kappa shape index (κ3) is 3.45. The Hall–Kier alpha value is -4.01. The molecule has 0 unspecified atom stereocenters. The summed E-state index contributed by atoms with van der Waals surface area (Å²) in [5.41, 5.74) is 1.01. The lowest BCUT2D eigenvalue weighted by Gasteiger charge is -2.18. The molecule has 4 rings (SSSR count). The van der Waals surface area contributed by atoms with Gasteiger partial charge in [0.05, 0.1) is 16.8 Å². The van der Waals surface area contributed by atoms with Crippen LogP contribution in [0, 0.1) is 0 Å². The van der Waals surface area contributed by atoms with Crippen molar-refractivity contribution in [3.8, 4) is 5.75 Å². The summed E-state index contributed by atoms with van der Waals surface area (Å²) in [7, 11) is 0. The number of hydrogen-bond acceptors (Lipinski definition) is 7. The lowest BCUT2D eigenvalue weighted by atomic mass is 10.1. The molecule has 2 aliphatic heterocycles. The van der Waals surface area contributed by atoms with E-state index in [0.29, 0.717) is 11.4 Å².